The first-order chi connectivity index (χ1) is 19.4. The van der Waals surface area contributed by atoms with Gasteiger partial charge in [-0.25, -0.2) is 19.3 Å². The lowest BCUT2D eigenvalue weighted by atomic mass is 10.2. The van der Waals surface area contributed by atoms with Gasteiger partial charge in [-0.15, -0.1) is 22.7 Å². The molecule has 0 aliphatic carbocycles. The Labute approximate surface area is 258 Å². The topological polar surface area (TPSA) is 80.2 Å². The third kappa shape index (κ3) is 12.1. The quantitative estimate of drug-likeness (QED) is 0.203. The van der Waals surface area contributed by atoms with Crippen LogP contribution < -0.4 is 10.1 Å². The Morgan fingerprint density at radius 1 is 1.15 bits per heavy atom. The number of halogens is 1. The van der Waals surface area contributed by atoms with Crippen molar-refractivity contribution in [2.24, 2.45) is 0 Å². The second-order valence-corrected chi connectivity index (χ2v) is 13.9. The lowest BCUT2D eigenvalue weighted by Crippen LogP contribution is -2.04. The highest BCUT2D eigenvalue weighted by atomic mass is 32.2. The predicted molar refractivity (Wildman–Crippen MR) is 178 cm³/mol. The molecule has 0 amide bonds. The fraction of sp³-hybridized carbons (Fsp3) is 0.452. The number of aryl methyl sites for hydroxylation is 2. The molecular formula is C31H45FN4O2S3. The molecule has 0 saturated heterocycles. The molecule has 1 aromatic carbocycles. The highest BCUT2D eigenvalue weighted by Gasteiger charge is 2.16. The first kappa shape index (κ1) is 34.7. The molecule has 0 saturated carbocycles. The molecule has 2 N–H and O–H groups in total. The van der Waals surface area contributed by atoms with E-state index >= 15 is 0 Å². The number of aromatic nitrogens is 3. The van der Waals surface area contributed by atoms with Crippen molar-refractivity contribution in [3.05, 3.63) is 69.6 Å². The van der Waals surface area contributed by atoms with Crippen molar-refractivity contribution < 1.29 is 15.7 Å². The molecule has 226 valence electrons. The highest BCUT2D eigenvalue weighted by molar-refractivity contribution is 7.99. The van der Waals surface area contributed by atoms with Crippen molar-refractivity contribution in [2.45, 2.75) is 79.1 Å². The number of thiazole rings is 2. The van der Waals surface area contributed by atoms with E-state index in [1.54, 1.807) is 19.2 Å². The number of aliphatic hydroxyl groups is 1. The zero-order valence-corrected chi connectivity index (χ0v) is 28.0. The van der Waals surface area contributed by atoms with Crippen molar-refractivity contribution >= 4 is 45.4 Å². The number of benzene rings is 1. The van der Waals surface area contributed by atoms with E-state index in [-0.39, 0.29) is 13.0 Å². The maximum Gasteiger partial charge on any atom is 0.188 e. The number of aliphatic hydroxyl groups excluding tert-OH is 1. The van der Waals surface area contributed by atoms with E-state index in [1.165, 1.54) is 35.2 Å². The molecule has 10 heteroatoms. The number of hydrogen-bond donors (Lipinski definition) is 2. The van der Waals surface area contributed by atoms with Gasteiger partial charge in [0.05, 0.1) is 22.9 Å². The van der Waals surface area contributed by atoms with Crippen LogP contribution in [-0.4, -0.2) is 37.7 Å². The molecule has 41 heavy (non-hydrogen) atoms. The van der Waals surface area contributed by atoms with E-state index in [0.29, 0.717) is 28.6 Å². The molecule has 0 bridgehead atoms. The van der Waals surface area contributed by atoms with E-state index in [4.69, 9.17) is 4.74 Å². The average molecular weight is 621 g/mol. The number of nitrogens with zero attached hydrogens (tertiary/aromatic N) is 3. The molecule has 1 atom stereocenters. The van der Waals surface area contributed by atoms with Crippen LogP contribution >= 0.6 is 34.4 Å². The first-order valence-electron chi connectivity index (χ1n) is 13.6. The molecule has 1 unspecified atom stereocenters. The standard InChI is InChI=1S/C23H23FN4O2S2.C5H12S.C3H8.H2/c1-13-4-6-19(17(24)10-13)30-9-8-16-5-7-20(25-11-16)28-23-27-18(12-31-23)21-14(2)26-22(32-21)15(3)29;1-5(2,3)6-4;1-3-2;/h4-7,10-12,15,29H,8-9H2,1-3H3,(H,25,27,28);1-4H3;3H2,1-2H3;1H. The maximum absolute atomic E-state index is 13.8. The largest absolute Gasteiger partial charge is 0.490 e. The summed E-state index contributed by atoms with van der Waals surface area (Å²) in [4.78, 5) is 14.4. The summed E-state index contributed by atoms with van der Waals surface area (Å²) in [5.74, 6) is 0.602. The van der Waals surface area contributed by atoms with Crippen LogP contribution in [0.15, 0.2) is 41.9 Å². The zero-order valence-electron chi connectivity index (χ0n) is 25.5. The molecule has 3 aromatic heterocycles. The summed E-state index contributed by atoms with van der Waals surface area (Å²) in [6.07, 6.45) is 5.18. The number of rotatable bonds is 8. The van der Waals surface area contributed by atoms with Crippen molar-refractivity contribution in [1.29, 1.82) is 0 Å². The summed E-state index contributed by atoms with van der Waals surface area (Å²) in [7, 11) is 0. The third-order valence-electron chi connectivity index (χ3n) is 5.32. The number of nitrogens with one attached hydrogen (secondary N) is 1. The molecule has 0 aliphatic rings. The van der Waals surface area contributed by atoms with Gasteiger partial charge in [0.15, 0.2) is 16.7 Å². The smallest absolute Gasteiger partial charge is 0.188 e. The van der Waals surface area contributed by atoms with Crippen LogP contribution in [0.25, 0.3) is 10.6 Å². The molecular weight excluding hydrogens is 576 g/mol. The van der Waals surface area contributed by atoms with Gasteiger partial charge < -0.3 is 15.2 Å². The van der Waals surface area contributed by atoms with Gasteiger partial charge in [0.1, 0.15) is 16.9 Å². The number of ether oxygens (including phenoxy) is 1. The van der Waals surface area contributed by atoms with Crippen LogP contribution in [0, 0.1) is 19.7 Å². The molecule has 0 aliphatic heterocycles. The minimum Gasteiger partial charge on any atom is -0.490 e. The van der Waals surface area contributed by atoms with E-state index in [2.05, 4.69) is 61.1 Å². The van der Waals surface area contributed by atoms with Gasteiger partial charge in [0, 0.05) is 24.2 Å². The van der Waals surface area contributed by atoms with Gasteiger partial charge in [-0.2, -0.15) is 11.8 Å². The van der Waals surface area contributed by atoms with Crippen LogP contribution in [-0.2, 0) is 6.42 Å². The molecule has 4 aromatic rings. The van der Waals surface area contributed by atoms with Crippen molar-refractivity contribution in [1.82, 2.24) is 15.0 Å². The monoisotopic (exact) mass is 620 g/mol. The SMILES string of the molecule is CCC.CSC(C)(C)C.Cc1ccc(OCCc2ccc(Nc3nc(-c4sc(C(C)O)nc4C)cs3)nc2)c(F)c1.[HH]. The Morgan fingerprint density at radius 2 is 1.83 bits per heavy atom. The van der Waals surface area contributed by atoms with Crippen molar-refractivity contribution in [3.8, 4) is 16.3 Å². The molecule has 0 radical (unpaired) electrons. The number of anilines is 2. The lowest BCUT2D eigenvalue weighted by Gasteiger charge is -2.12. The van der Waals surface area contributed by atoms with Gasteiger partial charge in [-0.05, 0) is 56.4 Å². The average Bonchev–Trinajstić information content (AvgIpc) is 3.53. The molecule has 0 fully saturated rings. The molecule has 6 nitrogen and oxygen atoms in total. The van der Waals surface area contributed by atoms with Crippen molar-refractivity contribution in [2.75, 3.05) is 18.2 Å². The Morgan fingerprint density at radius 3 is 2.37 bits per heavy atom. The fourth-order valence-electron chi connectivity index (χ4n) is 3.03. The second kappa shape index (κ2) is 16.8. The van der Waals surface area contributed by atoms with Gasteiger partial charge in [0.2, 0.25) is 0 Å². The van der Waals surface area contributed by atoms with Gasteiger partial charge in [-0.1, -0.05) is 53.2 Å². The summed E-state index contributed by atoms with van der Waals surface area (Å²) in [5, 5.41) is 16.3. The molecule has 4 rings (SSSR count). The Hall–Kier alpha value is -2.53. The Balaban J connectivity index is 0.000000775. The molecule has 3 heterocycles. The lowest BCUT2D eigenvalue weighted by molar-refractivity contribution is 0.198. The van der Waals surface area contributed by atoms with Crippen LogP contribution in [0.5, 0.6) is 5.75 Å². The normalized spacial score (nSPS) is 11.6. The van der Waals surface area contributed by atoms with Gasteiger partial charge >= 0.3 is 0 Å². The highest BCUT2D eigenvalue weighted by Crippen LogP contribution is 2.34. The summed E-state index contributed by atoms with van der Waals surface area (Å²) in [6, 6.07) is 8.78. The summed E-state index contributed by atoms with van der Waals surface area (Å²) in [6.45, 7) is 16.7. The van der Waals surface area contributed by atoms with Gasteiger partial charge in [0.25, 0.3) is 0 Å². The van der Waals surface area contributed by atoms with Crippen LogP contribution in [0.2, 0.25) is 0 Å². The van der Waals surface area contributed by atoms with E-state index in [9.17, 15) is 9.50 Å². The summed E-state index contributed by atoms with van der Waals surface area (Å²) < 4.78 is 19.8. The van der Waals surface area contributed by atoms with Crippen LogP contribution in [0.3, 0.4) is 0 Å². The van der Waals surface area contributed by atoms with Crippen LogP contribution in [0.4, 0.5) is 15.3 Å². The van der Waals surface area contributed by atoms with E-state index < -0.39 is 6.10 Å². The maximum atomic E-state index is 13.8. The second-order valence-electron chi connectivity index (χ2n) is 10.4. The van der Waals surface area contributed by atoms with Crippen molar-refractivity contribution in [3.63, 3.8) is 0 Å². The summed E-state index contributed by atoms with van der Waals surface area (Å²) >= 11 is 4.82. The van der Waals surface area contributed by atoms with E-state index in [1.807, 2.05) is 49.2 Å². The number of thioether (sulfide) groups is 1. The van der Waals surface area contributed by atoms with Crippen LogP contribution in [0.1, 0.15) is 77.3 Å². The molecule has 0 spiro atoms. The Kier molecular flexibility index (Phi) is 14.2. The minimum absolute atomic E-state index is 0. The number of pyridine rings is 1. The third-order valence-corrected chi connectivity index (χ3v) is 8.65. The minimum atomic E-state index is -0.590. The predicted octanol–water partition coefficient (Wildman–Crippen LogP) is 9.65. The summed E-state index contributed by atoms with van der Waals surface area (Å²) in [5.41, 5.74) is 3.55. The number of hydrogen-bond acceptors (Lipinski definition) is 9. The fourth-order valence-corrected chi connectivity index (χ4v) is 4.77. The first-order valence-corrected chi connectivity index (χ1v) is 16.6. The van der Waals surface area contributed by atoms with Gasteiger partial charge in [-0.3, -0.25) is 0 Å². The zero-order chi connectivity index (χ0) is 30.6. The van der Waals surface area contributed by atoms with E-state index in [0.717, 1.165) is 32.5 Å². The Bertz CT molecular complexity index is 1340.